The Morgan fingerprint density at radius 3 is 2.89 bits per heavy atom. The van der Waals surface area contributed by atoms with Gasteiger partial charge in [0.1, 0.15) is 0 Å². The Labute approximate surface area is 118 Å². The van der Waals surface area contributed by atoms with Gasteiger partial charge in [-0.25, -0.2) is 4.68 Å². The molecule has 1 fully saturated rings. The van der Waals surface area contributed by atoms with Crippen molar-refractivity contribution in [3.05, 3.63) is 0 Å². The van der Waals surface area contributed by atoms with Crippen LogP contribution in [0.1, 0.15) is 33.6 Å². The molecule has 1 aliphatic rings. The maximum atomic E-state index is 5.58. The zero-order valence-electron chi connectivity index (χ0n) is 11.9. The van der Waals surface area contributed by atoms with Crippen molar-refractivity contribution in [3.8, 4) is 0 Å². The molecule has 6 nitrogen and oxygen atoms in total. The second-order valence-electron chi connectivity index (χ2n) is 5.94. The maximum absolute atomic E-state index is 5.58. The summed E-state index contributed by atoms with van der Waals surface area (Å²) in [4.78, 5) is 0. The van der Waals surface area contributed by atoms with Crippen LogP contribution in [0.25, 0.3) is 0 Å². The molecule has 0 aromatic carbocycles. The van der Waals surface area contributed by atoms with E-state index in [2.05, 4.69) is 41.6 Å². The van der Waals surface area contributed by atoms with E-state index in [1.54, 1.807) is 11.8 Å². The molecule has 1 aromatic heterocycles. The van der Waals surface area contributed by atoms with E-state index in [-0.39, 0.29) is 5.54 Å². The van der Waals surface area contributed by atoms with Crippen LogP contribution in [-0.2, 0) is 11.3 Å². The average molecular weight is 285 g/mol. The standard InChI is InChI=1S/C12H23N5OS/c1-12(2,3)13-6-7-17-11(14-15-16-17)19-9-18-8-10-4-5-10/h10,13H,4-9H2,1-3H3. The third-order valence-corrected chi connectivity index (χ3v) is 3.63. The molecular formula is C12H23N5OS. The highest BCUT2D eigenvalue weighted by atomic mass is 32.2. The number of tetrazole rings is 1. The lowest BCUT2D eigenvalue weighted by Gasteiger charge is -2.20. The van der Waals surface area contributed by atoms with Gasteiger partial charge in [0.15, 0.2) is 0 Å². The van der Waals surface area contributed by atoms with Crippen molar-refractivity contribution in [2.45, 2.75) is 50.9 Å². The summed E-state index contributed by atoms with van der Waals surface area (Å²) in [5.41, 5.74) is 0.120. The number of hydrogen-bond donors (Lipinski definition) is 1. The quantitative estimate of drug-likeness (QED) is 0.444. The lowest BCUT2D eigenvalue weighted by molar-refractivity contribution is 0.170. The molecule has 2 rings (SSSR count). The SMILES string of the molecule is CC(C)(C)NCCn1nnnc1SCOCC1CC1. The van der Waals surface area contributed by atoms with Crippen molar-refractivity contribution in [2.24, 2.45) is 5.92 Å². The maximum Gasteiger partial charge on any atom is 0.211 e. The Morgan fingerprint density at radius 1 is 1.42 bits per heavy atom. The number of aromatic nitrogens is 4. The molecule has 0 amide bonds. The number of ether oxygens (including phenoxy) is 1. The normalized spacial score (nSPS) is 15.9. The van der Waals surface area contributed by atoms with E-state index >= 15 is 0 Å². The Balaban J connectivity index is 1.67. The fourth-order valence-corrected chi connectivity index (χ4v) is 2.23. The highest BCUT2D eigenvalue weighted by molar-refractivity contribution is 7.99. The van der Waals surface area contributed by atoms with Crippen LogP contribution < -0.4 is 5.32 Å². The summed E-state index contributed by atoms with van der Waals surface area (Å²) in [5.74, 6) is 1.43. The molecule has 1 aromatic rings. The Kier molecular flexibility index (Phi) is 5.18. The molecule has 19 heavy (non-hydrogen) atoms. The van der Waals surface area contributed by atoms with Gasteiger partial charge in [-0.3, -0.25) is 0 Å². The van der Waals surface area contributed by atoms with Crippen LogP contribution in [0, 0.1) is 5.92 Å². The second-order valence-corrected chi connectivity index (χ2v) is 6.83. The predicted molar refractivity (Wildman–Crippen MR) is 75.0 cm³/mol. The van der Waals surface area contributed by atoms with Crippen molar-refractivity contribution < 1.29 is 4.74 Å². The Bertz CT molecular complexity index is 386. The first-order chi connectivity index (χ1) is 9.04. The van der Waals surface area contributed by atoms with E-state index in [0.29, 0.717) is 5.94 Å². The third-order valence-electron chi connectivity index (χ3n) is 2.80. The minimum Gasteiger partial charge on any atom is -0.370 e. The Hall–Kier alpha value is -0.660. The highest BCUT2D eigenvalue weighted by Crippen LogP contribution is 2.29. The summed E-state index contributed by atoms with van der Waals surface area (Å²) in [6, 6.07) is 0. The molecule has 1 aliphatic carbocycles. The molecule has 108 valence electrons. The third kappa shape index (κ3) is 5.88. The van der Waals surface area contributed by atoms with E-state index in [1.807, 2.05) is 4.68 Å². The molecule has 0 spiro atoms. The van der Waals surface area contributed by atoms with Crippen LogP contribution in [0.15, 0.2) is 5.16 Å². The summed E-state index contributed by atoms with van der Waals surface area (Å²) in [6.45, 7) is 8.94. The van der Waals surface area contributed by atoms with Gasteiger partial charge in [0.25, 0.3) is 0 Å². The first kappa shape index (κ1) is 14.7. The van der Waals surface area contributed by atoms with Crippen LogP contribution in [0.2, 0.25) is 0 Å². The molecule has 1 N–H and O–H groups in total. The summed E-state index contributed by atoms with van der Waals surface area (Å²) in [7, 11) is 0. The Morgan fingerprint density at radius 2 is 2.21 bits per heavy atom. The second kappa shape index (κ2) is 6.67. The summed E-state index contributed by atoms with van der Waals surface area (Å²) in [6.07, 6.45) is 2.64. The highest BCUT2D eigenvalue weighted by Gasteiger charge is 2.21. The minimum absolute atomic E-state index is 0.120. The molecular weight excluding hydrogens is 262 g/mol. The first-order valence-corrected chi connectivity index (χ1v) is 7.75. The van der Waals surface area contributed by atoms with E-state index in [4.69, 9.17) is 4.74 Å². The van der Waals surface area contributed by atoms with E-state index in [9.17, 15) is 0 Å². The molecule has 0 saturated heterocycles. The average Bonchev–Trinajstić information content (AvgIpc) is 3.04. The lowest BCUT2D eigenvalue weighted by atomic mass is 10.1. The van der Waals surface area contributed by atoms with Crippen molar-refractivity contribution in [1.82, 2.24) is 25.5 Å². The fourth-order valence-electron chi connectivity index (χ4n) is 1.57. The van der Waals surface area contributed by atoms with Crippen molar-refractivity contribution in [2.75, 3.05) is 19.1 Å². The summed E-state index contributed by atoms with van der Waals surface area (Å²) in [5, 5.41) is 16.0. The summed E-state index contributed by atoms with van der Waals surface area (Å²) < 4.78 is 7.41. The zero-order chi connectivity index (χ0) is 13.7. The van der Waals surface area contributed by atoms with Crippen molar-refractivity contribution >= 4 is 11.8 Å². The number of nitrogens with one attached hydrogen (secondary N) is 1. The van der Waals surface area contributed by atoms with E-state index in [0.717, 1.165) is 30.8 Å². The van der Waals surface area contributed by atoms with Gasteiger partial charge in [-0.15, -0.1) is 5.10 Å². The van der Waals surface area contributed by atoms with Crippen molar-refractivity contribution in [3.63, 3.8) is 0 Å². The van der Waals surface area contributed by atoms with Crippen molar-refractivity contribution in [1.29, 1.82) is 0 Å². The number of thioether (sulfide) groups is 1. The lowest BCUT2D eigenvalue weighted by Crippen LogP contribution is -2.38. The minimum atomic E-state index is 0.120. The predicted octanol–water partition coefficient (Wildman–Crippen LogP) is 1.54. The molecule has 0 aliphatic heterocycles. The van der Waals surface area contributed by atoms with Gasteiger partial charge in [0, 0.05) is 12.1 Å². The topological polar surface area (TPSA) is 64.9 Å². The zero-order valence-corrected chi connectivity index (χ0v) is 12.7. The molecule has 1 heterocycles. The van der Waals surface area contributed by atoms with Gasteiger partial charge in [-0.2, -0.15) is 0 Å². The summed E-state index contributed by atoms with van der Waals surface area (Å²) >= 11 is 1.56. The molecule has 0 atom stereocenters. The first-order valence-electron chi connectivity index (χ1n) is 6.76. The number of rotatable bonds is 8. The van der Waals surface area contributed by atoms with Gasteiger partial charge in [0.2, 0.25) is 5.16 Å². The van der Waals surface area contributed by atoms with Gasteiger partial charge >= 0.3 is 0 Å². The number of hydrogen-bond acceptors (Lipinski definition) is 6. The molecule has 0 bridgehead atoms. The van der Waals surface area contributed by atoms with E-state index in [1.165, 1.54) is 12.8 Å². The van der Waals surface area contributed by atoms with Crippen LogP contribution in [0.4, 0.5) is 0 Å². The van der Waals surface area contributed by atoms with Gasteiger partial charge < -0.3 is 10.1 Å². The van der Waals surface area contributed by atoms with E-state index < -0.39 is 0 Å². The smallest absolute Gasteiger partial charge is 0.211 e. The van der Waals surface area contributed by atoms with Gasteiger partial charge in [0.05, 0.1) is 19.1 Å². The molecule has 0 radical (unpaired) electrons. The molecule has 0 unspecified atom stereocenters. The van der Waals surface area contributed by atoms with Gasteiger partial charge in [-0.05, 0) is 50.0 Å². The monoisotopic (exact) mass is 285 g/mol. The van der Waals surface area contributed by atoms with Gasteiger partial charge in [-0.1, -0.05) is 11.8 Å². The molecule has 1 saturated carbocycles. The largest absolute Gasteiger partial charge is 0.370 e. The number of nitrogens with zero attached hydrogens (tertiary/aromatic N) is 4. The van der Waals surface area contributed by atoms with Crippen LogP contribution >= 0.6 is 11.8 Å². The molecule has 7 heteroatoms. The fraction of sp³-hybridized carbons (Fsp3) is 0.917. The van der Waals surface area contributed by atoms with Crippen LogP contribution in [0.3, 0.4) is 0 Å². The van der Waals surface area contributed by atoms with Crippen LogP contribution in [0.5, 0.6) is 0 Å². The van der Waals surface area contributed by atoms with Crippen LogP contribution in [-0.4, -0.2) is 44.8 Å².